The Morgan fingerprint density at radius 3 is 2.36 bits per heavy atom. The van der Waals surface area contributed by atoms with Gasteiger partial charge in [0.25, 0.3) is 0 Å². The fourth-order valence-corrected chi connectivity index (χ4v) is 1.15. The van der Waals surface area contributed by atoms with Crippen molar-refractivity contribution in [2.45, 2.75) is 51.9 Å². The molecule has 0 aliphatic rings. The Hall–Kier alpha value is -0.0400. The van der Waals surface area contributed by atoms with Crippen LogP contribution in [0.25, 0.3) is 0 Å². The topological polar surface area (TPSA) is 26.0 Å². The quantitative estimate of drug-likeness (QED) is 0.537. The van der Waals surface area contributed by atoms with Gasteiger partial charge in [0.05, 0.1) is 0 Å². The zero-order chi connectivity index (χ0) is 8.36. The predicted molar refractivity (Wildman–Crippen MR) is 51.3 cm³/mol. The molecule has 0 saturated carbocycles. The molecule has 1 heteroatoms. The molecular weight excluding hydrogens is 134 g/mol. The summed E-state index contributed by atoms with van der Waals surface area (Å²) in [5, 5.41) is 0. The van der Waals surface area contributed by atoms with E-state index in [-0.39, 0.29) is 0 Å². The summed E-state index contributed by atoms with van der Waals surface area (Å²) >= 11 is 0. The number of hydrogen-bond donors (Lipinski definition) is 1. The summed E-state index contributed by atoms with van der Waals surface area (Å²) in [4.78, 5) is 0. The number of rotatable bonds is 8. The molecule has 0 aliphatic carbocycles. The highest BCUT2D eigenvalue weighted by atomic mass is 14.5. The van der Waals surface area contributed by atoms with Gasteiger partial charge in [0.1, 0.15) is 0 Å². The predicted octanol–water partition coefficient (Wildman–Crippen LogP) is 2.90. The molecule has 1 radical (unpaired) electrons. The molecule has 1 nitrogen and oxygen atoms in total. The minimum absolute atomic E-state index is 0.814. The Labute approximate surface area is 71.4 Å². The van der Waals surface area contributed by atoms with E-state index in [4.69, 9.17) is 5.73 Å². The van der Waals surface area contributed by atoms with E-state index in [1.165, 1.54) is 38.5 Å². The molecule has 0 fully saturated rings. The van der Waals surface area contributed by atoms with Gasteiger partial charge < -0.3 is 5.73 Å². The van der Waals surface area contributed by atoms with Crippen LogP contribution in [-0.4, -0.2) is 6.54 Å². The Balaban J connectivity index is 2.69. The number of nitrogens with two attached hydrogens (primary N) is 1. The van der Waals surface area contributed by atoms with E-state index in [2.05, 4.69) is 13.3 Å². The van der Waals surface area contributed by atoms with Crippen molar-refractivity contribution in [3.8, 4) is 0 Å². The van der Waals surface area contributed by atoms with E-state index in [1.54, 1.807) is 0 Å². The van der Waals surface area contributed by atoms with Gasteiger partial charge in [-0.2, -0.15) is 0 Å². The van der Waals surface area contributed by atoms with Crippen LogP contribution in [0.2, 0.25) is 0 Å². The SMILES string of the molecule is CCCCCCC[CH]CCN. The second-order valence-corrected chi connectivity index (χ2v) is 3.07. The van der Waals surface area contributed by atoms with Gasteiger partial charge in [0, 0.05) is 0 Å². The zero-order valence-corrected chi connectivity index (χ0v) is 7.81. The highest BCUT2D eigenvalue weighted by molar-refractivity contribution is 4.64. The molecule has 11 heavy (non-hydrogen) atoms. The summed E-state index contributed by atoms with van der Waals surface area (Å²) in [6.07, 6.45) is 11.6. The molecule has 0 aromatic heterocycles. The highest BCUT2D eigenvalue weighted by Gasteiger charge is 1.89. The van der Waals surface area contributed by atoms with Gasteiger partial charge in [-0.3, -0.25) is 0 Å². The van der Waals surface area contributed by atoms with Crippen LogP contribution >= 0.6 is 0 Å². The fourth-order valence-electron chi connectivity index (χ4n) is 1.15. The summed E-state index contributed by atoms with van der Waals surface area (Å²) in [5.41, 5.74) is 5.36. The number of unbranched alkanes of at least 4 members (excludes halogenated alkanes) is 7. The van der Waals surface area contributed by atoms with E-state index in [1.807, 2.05) is 0 Å². The van der Waals surface area contributed by atoms with Crippen molar-refractivity contribution in [2.24, 2.45) is 5.73 Å². The molecule has 0 aromatic rings. The van der Waals surface area contributed by atoms with Gasteiger partial charge in [0.15, 0.2) is 0 Å². The molecule has 0 bridgehead atoms. The summed E-state index contributed by atoms with van der Waals surface area (Å²) in [5.74, 6) is 0. The Morgan fingerprint density at radius 2 is 1.73 bits per heavy atom. The van der Waals surface area contributed by atoms with Crippen molar-refractivity contribution in [3.05, 3.63) is 6.42 Å². The van der Waals surface area contributed by atoms with Crippen molar-refractivity contribution in [2.75, 3.05) is 6.54 Å². The van der Waals surface area contributed by atoms with Gasteiger partial charge >= 0.3 is 0 Å². The van der Waals surface area contributed by atoms with Crippen molar-refractivity contribution in [1.82, 2.24) is 0 Å². The van der Waals surface area contributed by atoms with Crippen LogP contribution in [0.4, 0.5) is 0 Å². The normalized spacial score (nSPS) is 10.4. The third-order valence-electron chi connectivity index (χ3n) is 1.88. The van der Waals surface area contributed by atoms with Gasteiger partial charge in [0.2, 0.25) is 0 Å². The first-order valence-electron chi connectivity index (χ1n) is 4.93. The third kappa shape index (κ3) is 9.96. The third-order valence-corrected chi connectivity index (χ3v) is 1.88. The summed E-state index contributed by atoms with van der Waals surface area (Å²) in [6.45, 7) is 3.06. The van der Waals surface area contributed by atoms with E-state index in [0.29, 0.717) is 0 Å². The van der Waals surface area contributed by atoms with Crippen molar-refractivity contribution < 1.29 is 0 Å². The maximum absolute atomic E-state index is 5.36. The average Bonchev–Trinajstić information content (AvgIpc) is 2.03. The van der Waals surface area contributed by atoms with Crippen LogP contribution in [0, 0.1) is 6.42 Å². The molecule has 0 aliphatic heterocycles. The van der Waals surface area contributed by atoms with E-state index in [0.717, 1.165) is 13.0 Å². The molecule has 0 rings (SSSR count). The molecule has 0 atom stereocenters. The molecule has 0 amide bonds. The lowest BCUT2D eigenvalue weighted by molar-refractivity contribution is 0.622. The number of hydrogen-bond acceptors (Lipinski definition) is 1. The minimum Gasteiger partial charge on any atom is -0.330 e. The Bertz CT molecular complexity index is 53.9. The first-order chi connectivity index (χ1) is 5.41. The van der Waals surface area contributed by atoms with Gasteiger partial charge in [-0.25, -0.2) is 0 Å². The van der Waals surface area contributed by atoms with E-state index < -0.39 is 0 Å². The van der Waals surface area contributed by atoms with Gasteiger partial charge in [-0.15, -0.1) is 0 Å². The molecule has 67 valence electrons. The molecule has 0 saturated heterocycles. The van der Waals surface area contributed by atoms with Crippen LogP contribution in [0.3, 0.4) is 0 Å². The molecule has 2 N–H and O–H groups in total. The zero-order valence-electron chi connectivity index (χ0n) is 7.81. The first-order valence-corrected chi connectivity index (χ1v) is 4.93. The maximum atomic E-state index is 5.36. The van der Waals surface area contributed by atoms with Crippen LogP contribution in [0.1, 0.15) is 51.9 Å². The monoisotopic (exact) mass is 156 g/mol. The van der Waals surface area contributed by atoms with Crippen LogP contribution in [-0.2, 0) is 0 Å². The molecular formula is C10H22N. The van der Waals surface area contributed by atoms with Crippen molar-refractivity contribution in [3.63, 3.8) is 0 Å². The Kier molecular flexibility index (Phi) is 9.92. The van der Waals surface area contributed by atoms with Crippen LogP contribution in [0.5, 0.6) is 0 Å². The molecule has 0 aromatic carbocycles. The van der Waals surface area contributed by atoms with Gasteiger partial charge in [-0.1, -0.05) is 45.4 Å². The molecule has 0 spiro atoms. The Morgan fingerprint density at radius 1 is 1.00 bits per heavy atom. The molecule has 0 unspecified atom stereocenters. The average molecular weight is 156 g/mol. The summed E-state index contributed by atoms with van der Waals surface area (Å²) in [7, 11) is 0. The van der Waals surface area contributed by atoms with Crippen molar-refractivity contribution >= 4 is 0 Å². The molecule has 0 heterocycles. The largest absolute Gasteiger partial charge is 0.330 e. The minimum atomic E-state index is 0.814. The van der Waals surface area contributed by atoms with Crippen molar-refractivity contribution in [1.29, 1.82) is 0 Å². The van der Waals surface area contributed by atoms with Crippen LogP contribution < -0.4 is 5.73 Å². The standard InChI is InChI=1S/C10H22N/c1-2-3-4-5-6-7-8-9-10-11/h8H,2-7,9-11H2,1H3. The maximum Gasteiger partial charge on any atom is -0.00745 e. The lowest BCUT2D eigenvalue weighted by Crippen LogP contribution is -1.97. The van der Waals surface area contributed by atoms with E-state index in [9.17, 15) is 0 Å². The lowest BCUT2D eigenvalue weighted by atomic mass is 10.1. The fraction of sp³-hybridized carbons (Fsp3) is 0.900. The smallest absolute Gasteiger partial charge is 0.00745 e. The first kappa shape index (κ1) is 11.0. The summed E-state index contributed by atoms with van der Waals surface area (Å²) in [6, 6.07) is 0. The van der Waals surface area contributed by atoms with Gasteiger partial charge in [-0.05, 0) is 19.4 Å². The lowest BCUT2D eigenvalue weighted by Gasteiger charge is -1.98. The highest BCUT2D eigenvalue weighted by Crippen LogP contribution is 2.06. The second-order valence-electron chi connectivity index (χ2n) is 3.07. The second kappa shape index (κ2) is 9.96. The van der Waals surface area contributed by atoms with Crippen LogP contribution in [0.15, 0.2) is 0 Å². The van der Waals surface area contributed by atoms with E-state index >= 15 is 0 Å². The summed E-state index contributed by atoms with van der Waals surface area (Å²) < 4.78 is 0.